The second-order valence-corrected chi connectivity index (χ2v) is 4.36. The fourth-order valence-corrected chi connectivity index (χ4v) is 1.13. The van der Waals surface area contributed by atoms with Gasteiger partial charge in [0.15, 0.2) is 5.82 Å². The molecule has 5 heteroatoms. The van der Waals surface area contributed by atoms with E-state index >= 15 is 0 Å². The van der Waals surface area contributed by atoms with Gasteiger partial charge in [-0.15, -0.1) is 0 Å². The van der Waals surface area contributed by atoms with Crippen LogP contribution in [0, 0.1) is 5.92 Å². The van der Waals surface area contributed by atoms with Gasteiger partial charge in [-0.25, -0.2) is 0 Å². The van der Waals surface area contributed by atoms with Gasteiger partial charge in [0.25, 0.3) is 0 Å². The molecule has 0 amide bonds. The molecule has 0 saturated heterocycles. The molecule has 1 atom stereocenters. The maximum Gasteiger partial charge on any atom is 0.229 e. The van der Waals surface area contributed by atoms with Gasteiger partial charge in [-0.05, 0) is 20.0 Å². The molecule has 0 aliphatic rings. The van der Waals surface area contributed by atoms with E-state index in [1.165, 1.54) is 0 Å². The van der Waals surface area contributed by atoms with Gasteiger partial charge in [0.05, 0.1) is 19.1 Å². The first-order valence-corrected chi connectivity index (χ1v) is 5.13. The quantitative estimate of drug-likeness (QED) is 0.779. The Hall–Kier alpha value is -0.940. The first-order valence-electron chi connectivity index (χ1n) is 5.13. The fourth-order valence-electron chi connectivity index (χ4n) is 1.13. The fraction of sp³-hybridized carbons (Fsp3) is 0.800. The molecule has 15 heavy (non-hydrogen) atoms. The number of aliphatic hydroxyl groups excluding tert-OH is 1. The second-order valence-electron chi connectivity index (χ2n) is 4.36. The Kier molecular flexibility index (Phi) is 4.23. The van der Waals surface area contributed by atoms with E-state index in [0.29, 0.717) is 24.7 Å². The number of rotatable bonds is 5. The Morgan fingerprint density at radius 2 is 2.07 bits per heavy atom. The van der Waals surface area contributed by atoms with Crippen LogP contribution in [0.3, 0.4) is 0 Å². The Morgan fingerprint density at radius 3 is 2.60 bits per heavy atom. The zero-order valence-electron chi connectivity index (χ0n) is 9.77. The molecule has 1 unspecified atom stereocenters. The Bertz CT molecular complexity index is 297. The summed E-state index contributed by atoms with van der Waals surface area (Å²) >= 11 is 0. The summed E-state index contributed by atoms with van der Waals surface area (Å²) in [6.07, 6.45) is 0.00983. The van der Waals surface area contributed by atoms with Crippen molar-refractivity contribution in [2.45, 2.75) is 32.9 Å². The Labute approximate surface area is 90.1 Å². The molecule has 0 saturated carbocycles. The zero-order chi connectivity index (χ0) is 11.4. The van der Waals surface area contributed by atoms with Gasteiger partial charge in [-0.3, -0.25) is 0 Å². The summed E-state index contributed by atoms with van der Waals surface area (Å²) in [6, 6.07) is 0. The summed E-state index contributed by atoms with van der Waals surface area (Å²) in [5.41, 5.74) is 0. The molecule has 0 fully saturated rings. The number of aliphatic hydroxyl groups is 1. The summed E-state index contributed by atoms with van der Waals surface area (Å²) in [7, 11) is 3.89. The van der Waals surface area contributed by atoms with Crippen molar-refractivity contribution in [2.24, 2.45) is 5.92 Å². The van der Waals surface area contributed by atoms with Crippen LogP contribution in [-0.2, 0) is 13.0 Å². The molecule has 1 N–H and O–H groups in total. The van der Waals surface area contributed by atoms with E-state index in [2.05, 4.69) is 10.1 Å². The molecular weight excluding hydrogens is 194 g/mol. The lowest BCUT2D eigenvalue weighted by Crippen LogP contribution is -2.18. The predicted octanol–water partition coefficient (Wildman–Crippen LogP) is 0.691. The Morgan fingerprint density at radius 1 is 1.40 bits per heavy atom. The van der Waals surface area contributed by atoms with Crippen molar-refractivity contribution in [3.05, 3.63) is 11.7 Å². The van der Waals surface area contributed by atoms with Gasteiger partial charge in [-0.1, -0.05) is 19.0 Å². The van der Waals surface area contributed by atoms with Gasteiger partial charge in [-0.2, -0.15) is 4.98 Å². The minimum atomic E-state index is -0.419. The summed E-state index contributed by atoms with van der Waals surface area (Å²) in [5, 5.41) is 13.5. The first-order chi connectivity index (χ1) is 6.99. The largest absolute Gasteiger partial charge is 0.392 e. The number of hydrogen-bond donors (Lipinski definition) is 1. The molecule has 1 heterocycles. The highest BCUT2D eigenvalue weighted by atomic mass is 16.5. The van der Waals surface area contributed by atoms with Crippen molar-refractivity contribution in [3.8, 4) is 0 Å². The van der Waals surface area contributed by atoms with E-state index in [1.807, 2.05) is 32.8 Å². The summed E-state index contributed by atoms with van der Waals surface area (Å²) < 4.78 is 5.04. The molecule has 0 spiro atoms. The lowest BCUT2D eigenvalue weighted by atomic mass is 10.0. The molecule has 0 aromatic carbocycles. The first kappa shape index (κ1) is 12.1. The standard InChI is InChI=1S/C10H19N3O2/c1-7(2)8(14)5-10-11-9(12-15-10)6-13(3)4/h7-8,14H,5-6H2,1-4H3. The van der Waals surface area contributed by atoms with Crippen molar-refractivity contribution >= 4 is 0 Å². The van der Waals surface area contributed by atoms with Crippen LogP contribution in [0.15, 0.2) is 4.52 Å². The topological polar surface area (TPSA) is 62.4 Å². The minimum absolute atomic E-state index is 0.203. The molecule has 0 bridgehead atoms. The van der Waals surface area contributed by atoms with Gasteiger partial charge in [0, 0.05) is 0 Å². The maximum absolute atomic E-state index is 9.63. The van der Waals surface area contributed by atoms with Crippen LogP contribution in [0.1, 0.15) is 25.6 Å². The second kappa shape index (κ2) is 5.23. The van der Waals surface area contributed by atoms with Crippen molar-refractivity contribution in [3.63, 3.8) is 0 Å². The van der Waals surface area contributed by atoms with Gasteiger partial charge in [0.2, 0.25) is 5.89 Å². The highest BCUT2D eigenvalue weighted by molar-refractivity contribution is 4.88. The van der Waals surface area contributed by atoms with Gasteiger partial charge >= 0.3 is 0 Å². The van der Waals surface area contributed by atoms with E-state index in [1.54, 1.807) is 0 Å². The lowest BCUT2D eigenvalue weighted by molar-refractivity contribution is 0.116. The van der Waals surface area contributed by atoms with E-state index in [-0.39, 0.29) is 5.92 Å². The number of aromatic nitrogens is 2. The van der Waals surface area contributed by atoms with Crippen LogP contribution in [0.25, 0.3) is 0 Å². The normalized spacial score (nSPS) is 13.8. The molecule has 1 aromatic heterocycles. The SMILES string of the molecule is CC(C)C(O)Cc1nc(CN(C)C)no1. The molecule has 86 valence electrons. The number of hydrogen-bond acceptors (Lipinski definition) is 5. The van der Waals surface area contributed by atoms with Gasteiger partial charge in [0.1, 0.15) is 0 Å². The molecule has 0 aliphatic carbocycles. The highest BCUT2D eigenvalue weighted by Gasteiger charge is 2.15. The monoisotopic (exact) mass is 213 g/mol. The van der Waals surface area contributed by atoms with E-state index in [4.69, 9.17) is 4.52 Å². The van der Waals surface area contributed by atoms with Crippen molar-refractivity contribution in [2.75, 3.05) is 14.1 Å². The van der Waals surface area contributed by atoms with Crippen molar-refractivity contribution < 1.29 is 9.63 Å². The van der Waals surface area contributed by atoms with Crippen LogP contribution in [0.4, 0.5) is 0 Å². The van der Waals surface area contributed by atoms with Crippen molar-refractivity contribution in [1.82, 2.24) is 15.0 Å². The molecular formula is C10H19N3O2. The molecule has 5 nitrogen and oxygen atoms in total. The summed E-state index contributed by atoms with van der Waals surface area (Å²) in [5.74, 6) is 1.37. The van der Waals surface area contributed by atoms with Crippen molar-refractivity contribution in [1.29, 1.82) is 0 Å². The third kappa shape index (κ3) is 3.97. The summed E-state index contributed by atoms with van der Waals surface area (Å²) in [6.45, 7) is 4.57. The predicted molar refractivity (Wildman–Crippen MR) is 56.2 cm³/mol. The van der Waals surface area contributed by atoms with E-state index in [0.717, 1.165) is 0 Å². The van der Waals surface area contributed by atoms with Crippen LogP contribution < -0.4 is 0 Å². The average Bonchev–Trinajstić information content (AvgIpc) is 2.51. The highest BCUT2D eigenvalue weighted by Crippen LogP contribution is 2.08. The minimum Gasteiger partial charge on any atom is -0.392 e. The molecule has 0 radical (unpaired) electrons. The van der Waals surface area contributed by atoms with Crippen LogP contribution in [-0.4, -0.2) is 40.3 Å². The maximum atomic E-state index is 9.63. The van der Waals surface area contributed by atoms with Gasteiger partial charge < -0.3 is 14.5 Å². The third-order valence-corrected chi connectivity index (χ3v) is 2.12. The molecule has 1 rings (SSSR count). The smallest absolute Gasteiger partial charge is 0.229 e. The lowest BCUT2D eigenvalue weighted by Gasteiger charge is -2.10. The van der Waals surface area contributed by atoms with E-state index < -0.39 is 6.10 Å². The number of nitrogens with zero attached hydrogens (tertiary/aromatic N) is 3. The molecule has 1 aromatic rings. The molecule has 0 aliphatic heterocycles. The van der Waals surface area contributed by atoms with Crippen LogP contribution >= 0.6 is 0 Å². The zero-order valence-corrected chi connectivity index (χ0v) is 9.77. The van der Waals surface area contributed by atoms with Crippen LogP contribution in [0.5, 0.6) is 0 Å². The van der Waals surface area contributed by atoms with Crippen LogP contribution in [0.2, 0.25) is 0 Å². The third-order valence-electron chi connectivity index (χ3n) is 2.12. The summed E-state index contributed by atoms with van der Waals surface area (Å²) in [4.78, 5) is 6.16. The van der Waals surface area contributed by atoms with E-state index in [9.17, 15) is 5.11 Å². The average molecular weight is 213 g/mol. The Balaban J connectivity index is 2.53.